The van der Waals surface area contributed by atoms with Crippen molar-refractivity contribution in [3.63, 3.8) is 0 Å². The minimum Gasteiger partial charge on any atom is -0.323 e. The van der Waals surface area contributed by atoms with Crippen LogP contribution in [0.2, 0.25) is 0 Å². The van der Waals surface area contributed by atoms with Crippen LogP contribution in [0.25, 0.3) is 0 Å². The van der Waals surface area contributed by atoms with Gasteiger partial charge in [0.25, 0.3) is 0 Å². The minimum atomic E-state index is -0.103. The van der Waals surface area contributed by atoms with Crippen molar-refractivity contribution < 1.29 is 4.79 Å². The maximum Gasteiger partial charge on any atom is 0.317 e. The summed E-state index contributed by atoms with van der Waals surface area (Å²) in [6.45, 7) is 3.80. The van der Waals surface area contributed by atoms with E-state index in [9.17, 15) is 4.79 Å². The molecule has 9 heavy (non-hydrogen) atoms. The molecule has 4 heteroatoms. The van der Waals surface area contributed by atoms with Crippen molar-refractivity contribution in [2.45, 2.75) is 26.2 Å². The highest BCUT2D eigenvalue weighted by molar-refractivity contribution is 5.75. The van der Waals surface area contributed by atoms with Gasteiger partial charge in [-0.2, -0.15) is 0 Å². The molecule has 0 saturated carbocycles. The first kappa shape index (κ1) is 6.35. The second kappa shape index (κ2) is 2.23. The SMILES string of the molecule is CC1NC(=O)NC(C)N1. The monoisotopic (exact) mass is 129 g/mol. The second-order valence-corrected chi connectivity index (χ2v) is 2.23. The Morgan fingerprint density at radius 1 is 1.22 bits per heavy atom. The molecule has 1 rings (SSSR count). The molecule has 1 aliphatic rings. The normalized spacial score (nSPS) is 35.1. The molecular formula is C5H11N3O. The molecule has 0 bridgehead atoms. The molecule has 4 nitrogen and oxygen atoms in total. The first-order valence-corrected chi connectivity index (χ1v) is 3.01. The maximum absolute atomic E-state index is 10.6. The Morgan fingerprint density at radius 2 is 1.67 bits per heavy atom. The van der Waals surface area contributed by atoms with Gasteiger partial charge in [-0.15, -0.1) is 0 Å². The van der Waals surface area contributed by atoms with E-state index in [2.05, 4.69) is 16.0 Å². The molecule has 52 valence electrons. The summed E-state index contributed by atoms with van der Waals surface area (Å²) in [5.41, 5.74) is 0. The highest BCUT2D eigenvalue weighted by Crippen LogP contribution is 1.86. The molecule has 1 fully saturated rings. The van der Waals surface area contributed by atoms with Gasteiger partial charge in [0.1, 0.15) is 0 Å². The highest BCUT2D eigenvalue weighted by Gasteiger charge is 2.16. The van der Waals surface area contributed by atoms with Crippen LogP contribution in [-0.4, -0.2) is 18.4 Å². The van der Waals surface area contributed by atoms with Gasteiger partial charge in [-0.25, -0.2) is 4.79 Å². The van der Waals surface area contributed by atoms with Crippen LogP contribution >= 0.6 is 0 Å². The number of hydrogen-bond donors (Lipinski definition) is 3. The fourth-order valence-corrected chi connectivity index (χ4v) is 0.893. The van der Waals surface area contributed by atoms with Gasteiger partial charge in [0, 0.05) is 0 Å². The molecule has 0 aromatic heterocycles. The van der Waals surface area contributed by atoms with Gasteiger partial charge in [0.2, 0.25) is 0 Å². The molecule has 1 heterocycles. The molecule has 1 saturated heterocycles. The summed E-state index contributed by atoms with van der Waals surface area (Å²) in [6.07, 6.45) is 0.155. The van der Waals surface area contributed by atoms with Crippen LogP contribution in [0, 0.1) is 0 Å². The lowest BCUT2D eigenvalue weighted by Gasteiger charge is -2.27. The summed E-state index contributed by atoms with van der Waals surface area (Å²) >= 11 is 0. The smallest absolute Gasteiger partial charge is 0.317 e. The predicted octanol–water partition coefficient (Wildman–Crippen LogP) is -0.419. The summed E-state index contributed by atoms with van der Waals surface area (Å²) in [7, 11) is 0. The molecule has 0 spiro atoms. The third-order valence-corrected chi connectivity index (χ3v) is 1.20. The van der Waals surface area contributed by atoms with Gasteiger partial charge in [0.05, 0.1) is 12.3 Å². The Balaban J connectivity index is 2.43. The van der Waals surface area contributed by atoms with Gasteiger partial charge in [-0.3, -0.25) is 5.32 Å². The number of urea groups is 1. The summed E-state index contributed by atoms with van der Waals surface area (Å²) in [5, 5.41) is 8.36. The Morgan fingerprint density at radius 3 is 2.00 bits per heavy atom. The number of carbonyl (C=O) groups is 1. The van der Waals surface area contributed by atoms with E-state index >= 15 is 0 Å². The molecule has 0 radical (unpaired) electrons. The third-order valence-electron chi connectivity index (χ3n) is 1.20. The molecule has 0 aliphatic carbocycles. The third kappa shape index (κ3) is 1.57. The fraction of sp³-hybridized carbons (Fsp3) is 0.800. The molecule has 0 aromatic carbocycles. The van der Waals surface area contributed by atoms with E-state index in [4.69, 9.17) is 0 Å². The highest BCUT2D eigenvalue weighted by atomic mass is 16.2. The van der Waals surface area contributed by atoms with E-state index in [0.29, 0.717) is 0 Å². The number of rotatable bonds is 0. The Hall–Kier alpha value is -0.770. The van der Waals surface area contributed by atoms with Gasteiger partial charge >= 0.3 is 6.03 Å². The first-order chi connectivity index (χ1) is 4.18. The van der Waals surface area contributed by atoms with Crippen LogP contribution in [-0.2, 0) is 0 Å². The summed E-state index contributed by atoms with van der Waals surface area (Å²) in [5.74, 6) is 0. The standard InChI is InChI=1S/C5H11N3O/c1-3-6-4(2)8-5(9)7-3/h3-4,6H,1-2H3,(H2,7,8,9). The molecule has 2 amide bonds. The number of hydrogen-bond acceptors (Lipinski definition) is 2. The zero-order valence-corrected chi connectivity index (χ0v) is 5.56. The van der Waals surface area contributed by atoms with Crippen molar-refractivity contribution in [2.24, 2.45) is 0 Å². The molecule has 0 aromatic rings. The van der Waals surface area contributed by atoms with E-state index < -0.39 is 0 Å². The van der Waals surface area contributed by atoms with E-state index in [0.717, 1.165) is 0 Å². The van der Waals surface area contributed by atoms with Crippen LogP contribution < -0.4 is 16.0 Å². The van der Waals surface area contributed by atoms with Crippen molar-refractivity contribution in [1.82, 2.24) is 16.0 Å². The van der Waals surface area contributed by atoms with Crippen LogP contribution in [0.1, 0.15) is 13.8 Å². The zero-order valence-electron chi connectivity index (χ0n) is 5.56. The van der Waals surface area contributed by atoms with E-state index in [-0.39, 0.29) is 18.4 Å². The Kier molecular flexibility index (Phi) is 1.57. The number of nitrogens with one attached hydrogen (secondary N) is 3. The fourth-order valence-electron chi connectivity index (χ4n) is 0.893. The summed E-state index contributed by atoms with van der Waals surface area (Å²) in [6, 6.07) is -0.103. The average Bonchev–Trinajstić information content (AvgIpc) is 1.59. The van der Waals surface area contributed by atoms with E-state index in [1.165, 1.54) is 0 Å². The lowest BCUT2D eigenvalue weighted by Crippen LogP contribution is -2.62. The average molecular weight is 129 g/mol. The van der Waals surface area contributed by atoms with Gasteiger partial charge < -0.3 is 10.6 Å². The quantitative estimate of drug-likeness (QED) is 0.416. The molecular weight excluding hydrogens is 118 g/mol. The van der Waals surface area contributed by atoms with Crippen molar-refractivity contribution in [2.75, 3.05) is 0 Å². The first-order valence-electron chi connectivity index (χ1n) is 3.01. The lowest BCUT2D eigenvalue weighted by molar-refractivity contribution is 0.213. The number of carbonyl (C=O) groups excluding carboxylic acids is 1. The van der Waals surface area contributed by atoms with Crippen LogP contribution in [0.15, 0.2) is 0 Å². The van der Waals surface area contributed by atoms with E-state index in [1.54, 1.807) is 0 Å². The zero-order chi connectivity index (χ0) is 6.85. The minimum absolute atomic E-state index is 0.0775. The van der Waals surface area contributed by atoms with Gasteiger partial charge in [0.15, 0.2) is 0 Å². The van der Waals surface area contributed by atoms with Crippen molar-refractivity contribution in [1.29, 1.82) is 0 Å². The number of amides is 2. The van der Waals surface area contributed by atoms with Crippen LogP contribution in [0.3, 0.4) is 0 Å². The molecule has 1 aliphatic heterocycles. The largest absolute Gasteiger partial charge is 0.323 e. The van der Waals surface area contributed by atoms with Gasteiger partial charge in [-0.05, 0) is 13.8 Å². The molecule has 3 N–H and O–H groups in total. The predicted molar refractivity (Wildman–Crippen MR) is 33.7 cm³/mol. The second-order valence-electron chi connectivity index (χ2n) is 2.23. The molecule has 2 atom stereocenters. The van der Waals surface area contributed by atoms with Crippen LogP contribution in [0.5, 0.6) is 0 Å². The van der Waals surface area contributed by atoms with Crippen molar-refractivity contribution in [3.8, 4) is 0 Å². The topological polar surface area (TPSA) is 53.2 Å². The lowest BCUT2D eigenvalue weighted by atomic mass is 10.4. The summed E-state index contributed by atoms with van der Waals surface area (Å²) in [4.78, 5) is 10.6. The van der Waals surface area contributed by atoms with Crippen LogP contribution in [0.4, 0.5) is 4.79 Å². The van der Waals surface area contributed by atoms with Crippen molar-refractivity contribution >= 4 is 6.03 Å². The Labute approximate surface area is 54.0 Å². The van der Waals surface area contributed by atoms with E-state index in [1.807, 2.05) is 13.8 Å². The maximum atomic E-state index is 10.6. The van der Waals surface area contributed by atoms with Crippen molar-refractivity contribution in [3.05, 3.63) is 0 Å². The summed E-state index contributed by atoms with van der Waals surface area (Å²) < 4.78 is 0. The van der Waals surface area contributed by atoms with Gasteiger partial charge in [-0.1, -0.05) is 0 Å². The molecule has 2 unspecified atom stereocenters. The Bertz CT molecular complexity index is 113.